The van der Waals surface area contributed by atoms with Crippen LogP contribution in [0, 0.1) is 0 Å². The molecule has 1 amide bonds. The summed E-state index contributed by atoms with van der Waals surface area (Å²) in [6, 6.07) is 13.2. The first kappa shape index (κ1) is 14.0. The molecule has 1 heterocycles. The summed E-state index contributed by atoms with van der Waals surface area (Å²) in [5.41, 5.74) is 4.27. The molecule has 1 atom stereocenters. The first-order chi connectivity index (χ1) is 10.1. The standard InChI is InChI=1S/C17H17ClN2O/c1-11(13-4-7-16-14(10-13)8-9-19-16)20-17(21)12-2-5-15(18)6-3-12/h2-7,10-11,19H,8-9H2,1H3,(H,20,21)/t11-/m1/s1. The van der Waals surface area contributed by atoms with Crippen LogP contribution < -0.4 is 10.6 Å². The second-order valence-corrected chi connectivity index (χ2v) is 5.73. The van der Waals surface area contributed by atoms with Crippen LogP contribution >= 0.6 is 11.6 Å². The van der Waals surface area contributed by atoms with Crippen LogP contribution in [-0.2, 0) is 6.42 Å². The highest BCUT2D eigenvalue weighted by molar-refractivity contribution is 6.30. The lowest BCUT2D eigenvalue weighted by molar-refractivity contribution is 0.0940. The number of hydrogen-bond donors (Lipinski definition) is 2. The average molecular weight is 301 g/mol. The van der Waals surface area contributed by atoms with E-state index in [1.807, 2.05) is 6.92 Å². The lowest BCUT2D eigenvalue weighted by atomic mass is 10.0. The second kappa shape index (κ2) is 5.78. The fourth-order valence-corrected chi connectivity index (χ4v) is 2.68. The monoisotopic (exact) mass is 300 g/mol. The van der Waals surface area contributed by atoms with Gasteiger partial charge in [-0.15, -0.1) is 0 Å². The van der Waals surface area contributed by atoms with Gasteiger partial charge in [-0.25, -0.2) is 0 Å². The molecule has 4 heteroatoms. The van der Waals surface area contributed by atoms with Gasteiger partial charge in [-0.05, 0) is 54.8 Å². The number of anilines is 1. The summed E-state index contributed by atoms with van der Waals surface area (Å²) in [6.07, 6.45) is 1.04. The summed E-state index contributed by atoms with van der Waals surface area (Å²) in [6.45, 7) is 2.99. The maximum atomic E-state index is 12.2. The second-order valence-electron chi connectivity index (χ2n) is 5.30. The lowest BCUT2D eigenvalue weighted by Gasteiger charge is -2.15. The Balaban J connectivity index is 1.72. The lowest BCUT2D eigenvalue weighted by Crippen LogP contribution is -2.26. The molecule has 108 valence electrons. The van der Waals surface area contributed by atoms with Crippen molar-refractivity contribution < 1.29 is 4.79 Å². The number of benzene rings is 2. The van der Waals surface area contributed by atoms with Gasteiger partial charge in [0.15, 0.2) is 0 Å². The third kappa shape index (κ3) is 3.03. The molecule has 3 rings (SSSR count). The molecule has 0 radical (unpaired) electrons. The van der Waals surface area contributed by atoms with Gasteiger partial charge in [0, 0.05) is 22.8 Å². The van der Waals surface area contributed by atoms with Crippen LogP contribution in [0.1, 0.15) is 34.5 Å². The number of rotatable bonds is 3. The number of amides is 1. The molecule has 2 N–H and O–H groups in total. The summed E-state index contributed by atoms with van der Waals surface area (Å²) in [5, 5.41) is 6.99. The molecule has 3 nitrogen and oxygen atoms in total. The van der Waals surface area contributed by atoms with Crippen molar-refractivity contribution in [3.05, 3.63) is 64.2 Å². The molecule has 0 unspecified atom stereocenters. The van der Waals surface area contributed by atoms with Crippen LogP contribution in [0.5, 0.6) is 0 Å². The van der Waals surface area contributed by atoms with E-state index in [2.05, 4.69) is 28.8 Å². The van der Waals surface area contributed by atoms with Crippen molar-refractivity contribution in [1.82, 2.24) is 5.32 Å². The molecule has 0 aliphatic carbocycles. The molecule has 0 spiro atoms. The third-order valence-corrected chi connectivity index (χ3v) is 4.05. The van der Waals surface area contributed by atoms with Crippen LogP contribution in [0.2, 0.25) is 5.02 Å². The Morgan fingerprint density at radius 2 is 2.00 bits per heavy atom. The van der Waals surface area contributed by atoms with Gasteiger partial charge in [-0.3, -0.25) is 4.79 Å². The van der Waals surface area contributed by atoms with Gasteiger partial charge in [0.2, 0.25) is 0 Å². The quantitative estimate of drug-likeness (QED) is 0.905. The number of carbonyl (C=O) groups is 1. The molecule has 2 aromatic carbocycles. The Morgan fingerprint density at radius 1 is 1.24 bits per heavy atom. The third-order valence-electron chi connectivity index (χ3n) is 3.79. The maximum absolute atomic E-state index is 12.2. The van der Waals surface area contributed by atoms with Crippen molar-refractivity contribution in [2.24, 2.45) is 0 Å². The first-order valence-electron chi connectivity index (χ1n) is 7.06. The fraction of sp³-hybridized carbons (Fsp3) is 0.235. The Hall–Kier alpha value is -2.00. The summed E-state index contributed by atoms with van der Waals surface area (Å²) in [4.78, 5) is 12.2. The molecule has 0 fully saturated rings. The average Bonchev–Trinajstić information content (AvgIpc) is 2.95. The molecular formula is C17H17ClN2O. The molecular weight excluding hydrogens is 284 g/mol. The smallest absolute Gasteiger partial charge is 0.251 e. The Bertz CT molecular complexity index is 667. The van der Waals surface area contributed by atoms with E-state index in [0.717, 1.165) is 18.5 Å². The van der Waals surface area contributed by atoms with Crippen molar-refractivity contribution in [2.75, 3.05) is 11.9 Å². The van der Waals surface area contributed by atoms with E-state index in [4.69, 9.17) is 11.6 Å². The van der Waals surface area contributed by atoms with E-state index in [1.165, 1.54) is 11.3 Å². The van der Waals surface area contributed by atoms with Crippen LogP contribution in [0.4, 0.5) is 5.69 Å². The van der Waals surface area contributed by atoms with Crippen molar-refractivity contribution in [1.29, 1.82) is 0 Å². The molecule has 0 saturated heterocycles. The van der Waals surface area contributed by atoms with Crippen LogP contribution in [0.25, 0.3) is 0 Å². The molecule has 0 bridgehead atoms. The number of nitrogens with one attached hydrogen (secondary N) is 2. The van der Waals surface area contributed by atoms with Crippen LogP contribution in [0.15, 0.2) is 42.5 Å². The summed E-state index contributed by atoms with van der Waals surface area (Å²) in [5.74, 6) is -0.0854. The van der Waals surface area contributed by atoms with Gasteiger partial charge in [0.25, 0.3) is 5.91 Å². The maximum Gasteiger partial charge on any atom is 0.251 e. The van der Waals surface area contributed by atoms with Crippen molar-refractivity contribution in [3.63, 3.8) is 0 Å². The molecule has 21 heavy (non-hydrogen) atoms. The summed E-state index contributed by atoms with van der Waals surface area (Å²) >= 11 is 5.83. The van der Waals surface area contributed by atoms with Gasteiger partial charge in [-0.2, -0.15) is 0 Å². The minimum absolute atomic E-state index is 0.0286. The Labute approximate surface area is 129 Å². The molecule has 1 aliphatic heterocycles. The van der Waals surface area contributed by atoms with Crippen molar-refractivity contribution in [3.8, 4) is 0 Å². The van der Waals surface area contributed by atoms with Gasteiger partial charge in [-0.1, -0.05) is 23.7 Å². The van der Waals surface area contributed by atoms with E-state index in [1.54, 1.807) is 24.3 Å². The number of carbonyl (C=O) groups excluding carboxylic acids is 1. The minimum atomic E-state index is -0.0854. The predicted octanol–water partition coefficient (Wildman–Crippen LogP) is 3.80. The number of fused-ring (bicyclic) bond motifs is 1. The van der Waals surface area contributed by atoms with E-state index in [-0.39, 0.29) is 11.9 Å². The highest BCUT2D eigenvalue weighted by Gasteiger charge is 2.15. The highest BCUT2D eigenvalue weighted by Crippen LogP contribution is 2.25. The van der Waals surface area contributed by atoms with Gasteiger partial charge in [0.05, 0.1) is 6.04 Å². The van der Waals surface area contributed by atoms with Gasteiger partial charge in [0.1, 0.15) is 0 Å². The van der Waals surface area contributed by atoms with Crippen LogP contribution in [0.3, 0.4) is 0 Å². The van der Waals surface area contributed by atoms with E-state index in [9.17, 15) is 4.79 Å². The first-order valence-corrected chi connectivity index (χ1v) is 7.44. The molecule has 1 aliphatic rings. The number of halogens is 1. The highest BCUT2D eigenvalue weighted by atomic mass is 35.5. The zero-order chi connectivity index (χ0) is 14.8. The SMILES string of the molecule is C[C@@H](NC(=O)c1ccc(Cl)cc1)c1ccc2c(c1)CCN2. The zero-order valence-corrected chi connectivity index (χ0v) is 12.6. The predicted molar refractivity (Wildman–Crippen MR) is 86.0 cm³/mol. The normalized spacial score (nSPS) is 14.2. The van der Waals surface area contributed by atoms with Crippen molar-refractivity contribution >= 4 is 23.2 Å². The molecule has 0 saturated carbocycles. The Morgan fingerprint density at radius 3 is 2.76 bits per heavy atom. The van der Waals surface area contributed by atoms with Gasteiger partial charge >= 0.3 is 0 Å². The Kier molecular flexibility index (Phi) is 3.84. The fourth-order valence-electron chi connectivity index (χ4n) is 2.56. The minimum Gasteiger partial charge on any atom is -0.384 e. The van der Waals surface area contributed by atoms with E-state index >= 15 is 0 Å². The van der Waals surface area contributed by atoms with E-state index in [0.29, 0.717) is 10.6 Å². The van der Waals surface area contributed by atoms with Crippen LogP contribution in [-0.4, -0.2) is 12.5 Å². The van der Waals surface area contributed by atoms with Crippen molar-refractivity contribution in [2.45, 2.75) is 19.4 Å². The van der Waals surface area contributed by atoms with Gasteiger partial charge < -0.3 is 10.6 Å². The zero-order valence-electron chi connectivity index (χ0n) is 11.8. The van der Waals surface area contributed by atoms with E-state index < -0.39 is 0 Å². The topological polar surface area (TPSA) is 41.1 Å². The summed E-state index contributed by atoms with van der Waals surface area (Å²) < 4.78 is 0. The largest absolute Gasteiger partial charge is 0.384 e. The molecule has 2 aromatic rings. The number of hydrogen-bond acceptors (Lipinski definition) is 2. The molecule has 0 aromatic heterocycles. The summed E-state index contributed by atoms with van der Waals surface area (Å²) in [7, 11) is 0.